The second kappa shape index (κ2) is 8.27. The van der Waals surface area contributed by atoms with E-state index < -0.39 is 0 Å². The molecule has 0 spiro atoms. The van der Waals surface area contributed by atoms with Crippen LogP contribution in [0, 0.1) is 0 Å². The highest BCUT2D eigenvalue weighted by Crippen LogP contribution is 2.28. The normalized spacial score (nSPS) is 10.8. The van der Waals surface area contributed by atoms with Crippen molar-refractivity contribution in [1.82, 2.24) is 15.3 Å². The first-order valence-corrected chi connectivity index (χ1v) is 9.34. The molecule has 1 aromatic carbocycles. The molecule has 0 bridgehead atoms. The van der Waals surface area contributed by atoms with E-state index in [0.717, 1.165) is 28.0 Å². The lowest BCUT2D eigenvalue weighted by Crippen LogP contribution is -2.25. The Morgan fingerprint density at radius 1 is 1.28 bits per heavy atom. The fourth-order valence-electron chi connectivity index (χ4n) is 2.44. The van der Waals surface area contributed by atoms with Gasteiger partial charge in [-0.25, -0.2) is 9.97 Å². The number of fused-ring (bicyclic) bond motifs is 1. The second-order valence-corrected chi connectivity index (χ2v) is 7.07. The number of amides is 1. The van der Waals surface area contributed by atoms with Crippen molar-refractivity contribution in [2.75, 3.05) is 11.9 Å². The van der Waals surface area contributed by atoms with Crippen molar-refractivity contribution in [3.05, 3.63) is 52.1 Å². The molecule has 0 atom stereocenters. The Kier molecular flexibility index (Phi) is 5.83. The van der Waals surface area contributed by atoms with E-state index in [-0.39, 0.29) is 5.91 Å². The number of halogens is 1. The van der Waals surface area contributed by atoms with Crippen LogP contribution < -0.4 is 10.6 Å². The number of nitrogens with zero attached hydrogens (tertiary/aromatic N) is 2. The van der Waals surface area contributed by atoms with Crippen LogP contribution in [-0.4, -0.2) is 22.4 Å². The summed E-state index contributed by atoms with van der Waals surface area (Å²) in [4.78, 5) is 22.8. The lowest BCUT2D eigenvalue weighted by Gasteiger charge is -2.08. The Bertz CT molecular complexity index is 880. The molecule has 0 saturated carbocycles. The summed E-state index contributed by atoms with van der Waals surface area (Å²) in [6.07, 6.45) is 2.89. The first kappa shape index (κ1) is 17.6. The Hall–Kier alpha value is -2.18. The molecular weight excluding hydrogens is 356 g/mol. The Morgan fingerprint density at radius 3 is 2.92 bits per heavy atom. The molecular formula is C18H19ClN4OS. The van der Waals surface area contributed by atoms with Crippen LogP contribution in [-0.2, 0) is 17.8 Å². The zero-order valence-corrected chi connectivity index (χ0v) is 15.5. The quantitative estimate of drug-likeness (QED) is 0.655. The van der Waals surface area contributed by atoms with Gasteiger partial charge in [-0.05, 0) is 24.1 Å². The minimum atomic E-state index is -0.0303. The van der Waals surface area contributed by atoms with Crippen molar-refractivity contribution in [1.29, 1.82) is 0 Å². The van der Waals surface area contributed by atoms with Gasteiger partial charge >= 0.3 is 0 Å². The van der Waals surface area contributed by atoms with E-state index in [1.165, 1.54) is 4.88 Å². The molecule has 25 heavy (non-hydrogen) atoms. The van der Waals surface area contributed by atoms with Gasteiger partial charge < -0.3 is 10.6 Å². The zero-order chi connectivity index (χ0) is 17.6. The molecule has 0 saturated heterocycles. The van der Waals surface area contributed by atoms with Gasteiger partial charge in [0.1, 0.15) is 17.0 Å². The fraction of sp³-hybridized carbons (Fsp3) is 0.278. The van der Waals surface area contributed by atoms with Crippen molar-refractivity contribution < 1.29 is 4.79 Å². The molecule has 3 aromatic rings. The van der Waals surface area contributed by atoms with Gasteiger partial charge in [-0.2, -0.15) is 0 Å². The molecule has 0 fully saturated rings. The molecule has 0 radical (unpaired) electrons. The number of hydrogen-bond acceptors (Lipinski definition) is 5. The molecule has 0 aliphatic heterocycles. The third-order valence-corrected chi connectivity index (χ3v) is 5.36. The van der Waals surface area contributed by atoms with Gasteiger partial charge in [-0.1, -0.05) is 36.7 Å². The molecule has 1 amide bonds. The maximum absolute atomic E-state index is 12.0. The average Bonchev–Trinajstić information content (AvgIpc) is 3.05. The monoisotopic (exact) mass is 374 g/mol. The maximum Gasteiger partial charge on any atom is 0.222 e. The summed E-state index contributed by atoms with van der Waals surface area (Å²) in [5.41, 5.74) is 0.911. The topological polar surface area (TPSA) is 66.9 Å². The largest absolute Gasteiger partial charge is 0.369 e. The van der Waals surface area contributed by atoms with Crippen LogP contribution in [0.1, 0.15) is 23.8 Å². The Morgan fingerprint density at radius 2 is 2.12 bits per heavy atom. The number of hydrogen-bond donors (Lipinski definition) is 2. The molecule has 2 N–H and O–H groups in total. The van der Waals surface area contributed by atoms with E-state index in [1.807, 2.05) is 24.3 Å². The highest BCUT2D eigenvalue weighted by Gasteiger charge is 2.09. The molecule has 0 aliphatic carbocycles. The third kappa shape index (κ3) is 4.46. The number of aromatic nitrogens is 2. The fourth-order valence-corrected chi connectivity index (χ4v) is 3.58. The highest BCUT2D eigenvalue weighted by molar-refractivity contribution is 7.18. The number of thiophene rings is 1. The van der Waals surface area contributed by atoms with Gasteiger partial charge in [0.05, 0.1) is 5.39 Å². The molecule has 7 heteroatoms. The summed E-state index contributed by atoms with van der Waals surface area (Å²) < 4.78 is 0. The SMILES string of the molecule is CCc1cc2c(NCCC(=O)NCc3ccccc3Cl)ncnc2s1. The molecule has 5 nitrogen and oxygen atoms in total. The van der Waals surface area contributed by atoms with Gasteiger partial charge in [0.15, 0.2) is 0 Å². The molecule has 0 aliphatic rings. The van der Waals surface area contributed by atoms with Crippen LogP contribution >= 0.6 is 22.9 Å². The highest BCUT2D eigenvalue weighted by atomic mass is 35.5. The van der Waals surface area contributed by atoms with E-state index in [4.69, 9.17) is 11.6 Å². The van der Waals surface area contributed by atoms with Crippen LogP contribution in [0.4, 0.5) is 5.82 Å². The summed E-state index contributed by atoms with van der Waals surface area (Å²) in [5.74, 6) is 0.747. The van der Waals surface area contributed by atoms with Gasteiger partial charge in [0.25, 0.3) is 0 Å². The number of anilines is 1. The summed E-state index contributed by atoms with van der Waals surface area (Å²) in [6, 6.07) is 9.60. The van der Waals surface area contributed by atoms with Crippen molar-refractivity contribution in [3.63, 3.8) is 0 Å². The lowest BCUT2D eigenvalue weighted by atomic mass is 10.2. The summed E-state index contributed by atoms with van der Waals surface area (Å²) in [6.45, 7) is 3.06. The van der Waals surface area contributed by atoms with Crippen molar-refractivity contribution in [3.8, 4) is 0 Å². The molecule has 2 aromatic heterocycles. The van der Waals surface area contributed by atoms with Crippen LogP contribution in [0.15, 0.2) is 36.7 Å². The number of carbonyl (C=O) groups excluding carboxylic acids is 1. The predicted molar refractivity (Wildman–Crippen MR) is 103 cm³/mol. The van der Waals surface area contributed by atoms with Gasteiger partial charge in [-0.15, -0.1) is 11.3 Å². The molecule has 130 valence electrons. The van der Waals surface area contributed by atoms with E-state index in [2.05, 4.69) is 33.6 Å². The Labute approximate surface area is 155 Å². The lowest BCUT2D eigenvalue weighted by molar-refractivity contribution is -0.121. The molecule has 2 heterocycles. The Balaban J connectivity index is 1.52. The first-order chi connectivity index (χ1) is 12.2. The number of rotatable bonds is 7. The van der Waals surface area contributed by atoms with E-state index in [0.29, 0.717) is 24.5 Å². The van der Waals surface area contributed by atoms with Gasteiger partial charge in [0, 0.05) is 29.4 Å². The number of nitrogens with one attached hydrogen (secondary N) is 2. The van der Waals surface area contributed by atoms with Crippen LogP contribution in [0.2, 0.25) is 5.02 Å². The van der Waals surface area contributed by atoms with E-state index in [9.17, 15) is 4.79 Å². The standard InChI is InChI=1S/C18H19ClN4OS/c1-2-13-9-14-17(22-11-23-18(14)25-13)20-8-7-16(24)21-10-12-5-3-4-6-15(12)19/h3-6,9,11H,2,7-8,10H2,1H3,(H,21,24)(H,20,22,23). The minimum Gasteiger partial charge on any atom is -0.369 e. The predicted octanol–water partition coefficient (Wildman–Crippen LogP) is 4.03. The summed E-state index contributed by atoms with van der Waals surface area (Å²) >= 11 is 7.76. The number of aryl methyl sites for hydroxylation is 1. The zero-order valence-electron chi connectivity index (χ0n) is 13.9. The van der Waals surface area contributed by atoms with Gasteiger partial charge in [-0.3, -0.25) is 4.79 Å². The average molecular weight is 375 g/mol. The van der Waals surface area contributed by atoms with Crippen molar-refractivity contribution >= 4 is 44.9 Å². The van der Waals surface area contributed by atoms with Crippen LogP contribution in [0.25, 0.3) is 10.2 Å². The van der Waals surface area contributed by atoms with Crippen LogP contribution in [0.3, 0.4) is 0 Å². The summed E-state index contributed by atoms with van der Waals surface area (Å²) in [5, 5.41) is 7.79. The second-order valence-electron chi connectivity index (χ2n) is 5.55. The van der Waals surface area contributed by atoms with E-state index >= 15 is 0 Å². The van der Waals surface area contributed by atoms with Crippen LogP contribution in [0.5, 0.6) is 0 Å². The summed E-state index contributed by atoms with van der Waals surface area (Å²) in [7, 11) is 0. The van der Waals surface area contributed by atoms with Gasteiger partial charge in [0.2, 0.25) is 5.91 Å². The molecule has 3 rings (SSSR count). The minimum absolute atomic E-state index is 0.0303. The van der Waals surface area contributed by atoms with Crippen molar-refractivity contribution in [2.24, 2.45) is 0 Å². The number of benzene rings is 1. The number of carbonyl (C=O) groups is 1. The first-order valence-electron chi connectivity index (χ1n) is 8.14. The van der Waals surface area contributed by atoms with Crippen molar-refractivity contribution in [2.45, 2.75) is 26.3 Å². The molecule has 0 unspecified atom stereocenters. The smallest absolute Gasteiger partial charge is 0.222 e. The maximum atomic E-state index is 12.0. The third-order valence-electron chi connectivity index (χ3n) is 3.81. The van der Waals surface area contributed by atoms with E-state index in [1.54, 1.807) is 17.7 Å².